The highest BCUT2D eigenvalue weighted by Crippen LogP contribution is 2.27. The number of hydrogen-bond acceptors (Lipinski definition) is 6. The molecule has 5 rings (SSSR count). The van der Waals surface area contributed by atoms with Crippen LogP contribution in [0.15, 0.2) is 48.0 Å². The van der Waals surface area contributed by atoms with Gasteiger partial charge in [0.05, 0.1) is 22.1 Å². The summed E-state index contributed by atoms with van der Waals surface area (Å²) in [5.74, 6) is 1.71. The van der Waals surface area contributed by atoms with Gasteiger partial charge < -0.3 is 9.80 Å². The van der Waals surface area contributed by atoms with Crippen molar-refractivity contribution in [2.75, 3.05) is 31.1 Å². The number of hydrogen-bond donors (Lipinski definition) is 0. The molecule has 1 fully saturated rings. The topological polar surface area (TPSA) is 67.2 Å². The molecule has 1 saturated heterocycles. The van der Waals surface area contributed by atoms with E-state index in [1.807, 2.05) is 52.3 Å². The SMILES string of the molecule is Cc1ccc(-n2ncc3c(N4CCN(C(=O)c5cccs5)CC4)nc(C)nc32)cc1. The maximum atomic E-state index is 12.6. The lowest BCUT2D eigenvalue weighted by atomic mass is 10.2. The van der Waals surface area contributed by atoms with Gasteiger partial charge in [0.15, 0.2) is 5.65 Å². The number of benzene rings is 1. The number of thiophene rings is 1. The molecule has 0 radical (unpaired) electrons. The van der Waals surface area contributed by atoms with Crippen LogP contribution in [0.3, 0.4) is 0 Å². The van der Waals surface area contributed by atoms with Crippen molar-refractivity contribution in [3.8, 4) is 5.69 Å². The highest BCUT2D eigenvalue weighted by atomic mass is 32.1. The third kappa shape index (κ3) is 3.33. The first-order valence-corrected chi connectivity index (χ1v) is 10.9. The molecule has 0 N–H and O–H groups in total. The summed E-state index contributed by atoms with van der Waals surface area (Å²) >= 11 is 1.49. The fraction of sp³-hybridized carbons (Fsp3) is 0.273. The number of fused-ring (bicyclic) bond motifs is 1. The van der Waals surface area contributed by atoms with Crippen molar-refractivity contribution in [3.05, 3.63) is 64.2 Å². The van der Waals surface area contributed by atoms with Crippen molar-refractivity contribution in [1.29, 1.82) is 0 Å². The molecule has 8 heteroatoms. The van der Waals surface area contributed by atoms with Gasteiger partial charge in [-0.25, -0.2) is 14.6 Å². The van der Waals surface area contributed by atoms with Gasteiger partial charge in [0.2, 0.25) is 0 Å². The molecule has 1 aliphatic heterocycles. The van der Waals surface area contributed by atoms with Gasteiger partial charge >= 0.3 is 0 Å². The summed E-state index contributed by atoms with van der Waals surface area (Å²) < 4.78 is 1.86. The van der Waals surface area contributed by atoms with Crippen LogP contribution in [0.5, 0.6) is 0 Å². The summed E-state index contributed by atoms with van der Waals surface area (Å²) in [5.41, 5.74) is 2.99. The smallest absolute Gasteiger partial charge is 0.264 e. The number of aromatic nitrogens is 4. The quantitative estimate of drug-likeness (QED) is 0.510. The van der Waals surface area contributed by atoms with Gasteiger partial charge in [0.25, 0.3) is 5.91 Å². The third-order valence-electron chi connectivity index (χ3n) is 5.40. The average molecular weight is 419 g/mol. The molecule has 0 unspecified atom stereocenters. The Balaban J connectivity index is 1.43. The van der Waals surface area contributed by atoms with Crippen LogP contribution >= 0.6 is 11.3 Å². The standard InChI is InChI=1S/C22H22N6OS/c1-15-5-7-17(8-6-15)28-21-18(14-23-28)20(24-16(2)25-21)26-9-11-27(12-10-26)22(29)19-4-3-13-30-19/h3-8,13-14H,9-12H2,1-2H3. The van der Waals surface area contributed by atoms with E-state index in [0.717, 1.165) is 40.5 Å². The summed E-state index contributed by atoms with van der Waals surface area (Å²) in [6.45, 7) is 6.79. The van der Waals surface area contributed by atoms with Crippen LogP contribution in [-0.2, 0) is 0 Å². The largest absolute Gasteiger partial charge is 0.352 e. The van der Waals surface area contributed by atoms with Gasteiger partial charge in [-0.15, -0.1) is 11.3 Å². The summed E-state index contributed by atoms with van der Waals surface area (Å²) in [7, 11) is 0. The normalized spacial score (nSPS) is 14.5. The van der Waals surface area contributed by atoms with Gasteiger partial charge in [0, 0.05) is 26.2 Å². The molecule has 4 aromatic rings. The third-order valence-corrected chi connectivity index (χ3v) is 6.25. The molecule has 0 bridgehead atoms. The fourth-order valence-corrected chi connectivity index (χ4v) is 4.48. The number of carbonyl (C=O) groups excluding carboxylic acids is 1. The molecule has 0 atom stereocenters. The monoisotopic (exact) mass is 418 g/mol. The van der Waals surface area contributed by atoms with Crippen molar-refractivity contribution in [2.24, 2.45) is 0 Å². The van der Waals surface area contributed by atoms with Crippen molar-refractivity contribution in [1.82, 2.24) is 24.6 Å². The van der Waals surface area contributed by atoms with E-state index in [1.54, 1.807) is 0 Å². The number of rotatable bonds is 3. The lowest BCUT2D eigenvalue weighted by Crippen LogP contribution is -2.49. The maximum Gasteiger partial charge on any atom is 0.264 e. The summed E-state index contributed by atoms with van der Waals surface area (Å²) in [6, 6.07) is 12.0. The van der Waals surface area contributed by atoms with E-state index in [4.69, 9.17) is 4.98 Å². The van der Waals surface area contributed by atoms with Gasteiger partial charge in [-0.3, -0.25) is 4.79 Å². The van der Waals surface area contributed by atoms with Gasteiger partial charge in [-0.05, 0) is 37.4 Å². The molecule has 0 aliphatic carbocycles. The minimum atomic E-state index is 0.112. The van der Waals surface area contributed by atoms with Crippen LogP contribution in [0.4, 0.5) is 5.82 Å². The Labute approximate surface area is 178 Å². The molecular weight excluding hydrogens is 396 g/mol. The van der Waals surface area contributed by atoms with Crippen molar-refractivity contribution in [2.45, 2.75) is 13.8 Å². The zero-order chi connectivity index (χ0) is 20.7. The second kappa shape index (κ2) is 7.53. The van der Waals surface area contributed by atoms with E-state index >= 15 is 0 Å². The zero-order valence-corrected chi connectivity index (χ0v) is 17.8. The molecule has 152 valence electrons. The second-order valence-corrected chi connectivity index (χ2v) is 8.43. The Morgan fingerprint density at radius 3 is 2.47 bits per heavy atom. The summed E-state index contributed by atoms with van der Waals surface area (Å²) in [5, 5.41) is 7.46. The van der Waals surface area contributed by atoms with E-state index in [9.17, 15) is 4.79 Å². The first-order valence-electron chi connectivity index (χ1n) is 9.97. The highest BCUT2D eigenvalue weighted by Gasteiger charge is 2.25. The summed E-state index contributed by atoms with van der Waals surface area (Å²) in [6.07, 6.45) is 1.84. The van der Waals surface area contributed by atoms with E-state index in [-0.39, 0.29) is 5.91 Å². The first kappa shape index (κ1) is 18.7. The molecule has 4 heterocycles. The Kier molecular flexibility index (Phi) is 4.71. The van der Waals surface area contributed by atoms with E-state index in [1.165, 1.54) is 16.9 Å². The highest BCUT2D eigenvalue weighted by molar-refractivity contribution is 7.12. The van der Waals surface area contributed by atoms with Crippen molar-refractivity contribution < 1.29 is 4.79 Å². The molecule has 0 spiro atoms. The number of nitrogens with zero attached hydrogens (tertiary/aromatic N) is 6. The lowest BCUT2D eigenvalue weighted by molar-refractivity contribution is 0.0751. The minimum absolute atomic E-state index is 0.112. The predicted octanol–water partition coefficient (Wildman–Crippen LogP) is 3.46. The Morgan fingerprint density at radius 2 is 1.77 bits per heavy atom. The zero-order valence-electron chi connectivity index (χ0n) is 16.9. The minimum Gasteiger partial charge on any atom is -0.352 e. The number of carbonyl (C=O) groups is 1. The molecule has 3 aromatic heterocycles. The van der Waals surface area contributed by atoms with E-state index in [0.29, 0.717) is 18.9 Å². The first-order chi connectivity index (χ1) is 14.6. The molecule has 1 amide bonds. The van der Waals surface area contributed by atoms with Crippen LogP contribution in [-0.4, -0.2) is 56.7 Å². The molecular formula is C22H22N6OS. The fourth-order valence-electron chi connectivity index (χ4n) is 3.79. The maximum absolute atomic E-state index is 12.6. The molecule has 7 nitrogen and oxygen atoms in total. The molecule has 30 heavy (non-hydrogen) atoms. The van der Waals surface area contributed by atoms with E-state index in [2.05, 4.69) is 34.0 Å². The number of aryl methyl sites for hydroxylation is 2. The molecule has 1 aliphatic rings. The van der Waals surface area contributed by atoms with Crippen LogP contribution in [0.2, 0.25) is 0 Å². The molecule has 1 aromatic carbocycles. The van der Waals surface area contributed by atoms with Crippen LogP contribution in [0.1, 0.15) is 21.1 Å². The number of anilines is 1. The van der Waals surface area contributed by atoms with E-state index < -0.39 is 0 Å². The Morgan fingerprint density at radius 1 is 1.00 bits per heavy atom. The van der Waals surface area contributed by atoms with Gasteiger partial charge in [-0.2, -0.15) is 5.10 Å². The average Bonchev–Trinajstić information content (AvgIpc) is 3.44. The predicted molar refractivity (Wildman–Crippen MR) is 119 cm³/mol. The van der Waals surface area contributed by atoms with Crippen LogP contribution < -0.4 is 4.90 Å². The number of piperazine rings is 1. The Hall–Kier alpha value is -3.26. The lowest BCUT2D eigenvalue weighted by Gasteiger charge is -2.35. The Bertz CT molecular complexity index is 1190. The van der Waals surface area contributed by atoms with Crippen LogP contribution in [0.25, 0.3) is 16.7 Å². The van der Waals surface area contributed by atoms with Crippen molar-refractivity contribution >= 4 is 34.1 Å². The van der Waals surface area contributed by atoms with Crippen molar-refractivity contribution in [3.63, 3.8) is 0 Å². The van der Waals surface area contributed by atoms with Crippen LogP contribution in [0, 0.1) is 13.8 Å². The molecule has 0 saturated carbocycles. The second-order valence-electron chi connectivity index (χ2n) is 7.48. The number of amides is 1. The summed E-state index contributed by atoms with van der Waals surface area (Å²) in [4.78, 5) is 27.0. The van der Waals surface area contributed by atoms with Gasteiger partial charge in [-0.1, -0.05) is 23.8 Å². The van der Waals surface area contributed by atoms with Gasteiger partial charge in [0.1, 0.15) is 11.6 Å².